The van der Waals surface area contributed by atoms with Gasteiger partial charge in [0.1, 0.15) is 12.4 Å². The van der Waals surface area contributed by atoms with Crippen molar-refractivity contribution in [2.75, 3.05) is 26.4 Å². The summed E-state index contributed by atoms with van der Waals surface area (Å²) >= 11 is 5.78. The van der Waals surface area contributed by atoms with Crippen molar-refractivity contribution in [2.24, 2.45) is 5.73 Å². The predicted molar refractivity (Wildman–Crippen MR) is 56.8 cm³/mol. The number of hydrogen-bond acceptors (Lipinski definition) is 3. The molecule has 0 bridgehead atoms. The maximum Gasteiger partial charge on any atom is 0.120 e. The second-order valence-electron chi connectivity index (χ2n) is 2.71. The van der Waals surface area contributed by atoms with Crippen LogP contribution in [-0.2, 0) is 4.74 Å². The van der Waals surface area contributed by atoms with E-state index in [9.17, 15) is 0 Å². The van der Waals surface area contributed by atoms with Crippen LogP contribution in [0.4, 0.5) is 0 Å². The molecule has 0 fully saturated rings. The Morgan fingerprint density at radius 3 is 2.79 bits per heavy atom. The molecular weight excluding hydrogens is 202 g/mol. The summed E-state index contributed by atoms with van der Waals surface area (Å²) in [5, 5.41) is 0.672. The molecule has 1 aromatic rings. The first-order valence-corrected chi connectivity index (χ1v) is 4.87. The molecule has 0 aliphatic heterocycles. The summed E-state index contributed by atoms with van der Waals surface area (Å²) in [6.07, 6.45) is 0. The highest BCUT2D eigenvalue weighted by atomic mass is 35.5. The van der Waals surface area contributed by atoms with E-state index in [0.717, 1.165) is 5.75 Å². The molecular formula is C10H14ClNO2. The van der Waals surface area contributed by atoms with Crippen molar-refractivity contribution in [1.29, 1.82) is 0 Å². The SMILES string of the molecule is NCCOCCOc1cccc(Cl)c1. The fourth-order valence-corrected chi connectivity index (χ4v) is 1.14. The van der Waals surface area contributed by atoms with Gasteiger partial charge in [0.15, 0.2) is 0 Å². The fourth-order valence-electron chi connectivity index (χ4n) is 0.961. The van der Waals surface area contributed by atoms with Gasteiger partial charge in [-0.1, -0.05) is 17.7 Å². The topological polar surface area (TPSA) is 44.5 Å². The van der Waals surface area contributed by atoms with Gasteiger partial charge in [-0.3, -0.25) is 0 Å². The quantitative estimate of drug-likeness (QED) is 0.735. The van der Waals surface area contributed by atoms with E-state index in [4.69, 9.17) is 26.8 Å². The second kappa shape index (κ2) is 6.65. The first-order valence-electron chi connectivity index (χ1n) is 4.49. The lowest BCUT2D eigenvalue weighted by molar-refractivity contribution is 0.106. The zero-order chi connectivity index (χ0) is 10.2. The molecule has 4 heteroatoms. The number of halogens is 1. The predicted octanol–water partition coefficient (Wildman–Crippen LogP) is 1.69. The summed E-state index contributed by atoms with van der Waals surface area (Å²) in [7, 11) is 0. The average Bonchev–Trinajstić information content (AvgIpc) is 2.18. The van der Waals surface area contributed by atoms with Crippen molar-refractivity contribution in [1.82, 2.24) is 0 Å². The monoisotopic (exact) mass is 215 g/mol. The van der Waals surface area contributed by atoms with Gasteiger partial charge in [0.25, 0.3) is 0 Å². The zero-order valence-electron chi connectivity index (χ0n) is 7.91. The van der Waals surface area contributed by atoms with E-state index in [2.05, 4.69) is 0 Å². The molecule has 1 aromatic carbocycles. The highest BCUT2D eigenvalue weighted by Gasteiger charge is 1.94. The summed E-state index contributed by atoms with van der Waals surface area (Å²) in [6.45, 7) is 2.17. The van der Waals surface area contributed by atoms with Gasteiger partial charge >= 0.3 is 0 Å². The van der Waals surface area contributed by atoms with Gasteiger partial charge in [-0.15, -0.1) is 0 Å². The lowest BCUT2D eigenvalue weighted by Gasteiger charge is -2.06. The zero-order valence-corrected chi connectivity index (χ0v) is 8.67. The minimum absolute atomic E-state index is 0.514. The first-order chi connectivity index (χ1) is 6.83. The molecule has 14 heavy (non-hydrogen) atoms. The molecule has 0 saturated carbocycles. The third-order valence-corrected chi connectivity index (χ3v) is 1.79. The highest BCUT2D eigenvalue weighted by molar-refractivity contribution is 6.30. The number of ether oxygens (including phenoxy) is 2. The van der Waals surface area contributed by atoms with Gasteiger partial charge in [-0.25, -0.2) is 0 Å². The van der Waals surface area contributed by atoms with Gasteiger partial charge in [-0.05, 0) is 18.2 Å². The smallest absolute Gasteiger partial charge is 0.120 e. The molecule has 0 aliphatic rings. The molecule has 1 rings (SSSR count). The molecule has 0 atom stereocenters. The van der Waals surface area contributed by atoms with Gasteiger partial charge in [0.2, 0.25) is 0 Å². The van der Waals surface area contributed by atoms with Crippen LogP contribution in [0.15, 0.2) is 24.3 Å². The molecule has 78 valence electrons. The van der Waals surface area contributed by atoms with Crippen LogP contribution >= 0.6 is 11.6 Å². The van der Waals surface area contributed by atoms with Crippen LogP contribution in [0.1, 0.15) is 0 Å². The van der Waals surface area contributed by atoms with E-state index in [1.807, 2.05) is 12.1 Å². The van der Waals surface area contributed by atoms with Crippen molar-refractivity contribution in [3.8, 4) is 5.75 Å². The summed E-state index contributed by atoms with van der Waals surface area (Å²) in [6, 6.07) is 7.27. The number of rotatable bonds is 6. The normalized spacial score (nSPS) is 10.1. The van der Waals surface area contributed by atoms with Crippen LogP contribution in [0.2, 0.25) is 5.02 Å². The molecule has 0 heterocycles. The van der Waals surface area contributed by atoms with Crippen LogP contribution in [0.25, 0.3) is 0 Å². The lowest BCUT2D eigenvalue weighted by atomic mass is 10.3. The molecule has 2 N–H and O–H groups in total. The van der Waals surface area contributed by atoms with E-state index < -0.39 is 0 Å². The highest BCUT2D eigenvalue weighted by Crippen LogP contribution is 2.16. The van der Waals surface area contributed by atoms with Crippen molar-refractivity contribution in [2.45, 2.75) is 0 Å². The minimum Gasteiger partial charge on any atom is -0.491 e. The van der Waals surface area contributed by atoms with E-state index in [1.54, 1.807) is 12.1 Å². The van der Waals surface area contributed by atoms with Crippen molar-refractivity contribution >= 4 is 11.6 Å². The lowest BCUT2D eigenvalue weighted by Crippen LogP contribution is -2.13. The van der Waals surface area contributed by atoms with Crippen LogP contribution in [0.5, 0.6) is 5.75 Å². The minimum atomic E-state index is 0.514. The summed E-state index contributed by atoms with van der Waals surface area (Å²) in [5.74, 6) is 0.758. The Hall–Kier alpha value is -0.770. The number of hydrogen-bond donors (Lipinski definition) is 1. The van der Waals surface area contributed by atoms with Crippen LogP contribution < -0.4 is 10.5 Å². The maximum absolute atomic E-state index is 5.78. The summed E-state index contributed by atoms with van der Waals surface area (Å²) in [4.78, 5) is 0. The van der Waals surface area contributed by atoms with Gasteiger partial charge in [-0.2, -0.15) is 0 Å². The maximum atomic E-state index is 5.78. The van der Waals surface area contributed by atoms with Gasteiger partial charge in [0, 0.05) is 11.6 Å². The second-order valence-corrected chi connectivity index (χ2v) is 3.14. The third kappa shape index (κ3) is 4.46. The molecule has 0 spiro atoms. The van der Waals surface area contributed by atoms with Crippen molar-refractivity contribution in [3.05, 3.63) is 29.3 Å². The Labute approximate surface area is 88.8 Å². The summed E-state index contributed by atoms with van der Waals surface area (Å²) < 4.78 is 10.5. The van der Waals surface area contributed by atoms with Crippen LogP contribution in [0.3, 0.4) is 0 Å². The van der Waals surface area contributed by atoms with Crippen LogP contribution in [0, 0.1) is 0 Å². The number of nitrogens with two attached hydrogens (primary N) is 1. The Bertz CT molecular complexity index is 268. The average molecular weight is 216 g/mol. The first kappa shape index (κ1) is 11.3. The Morgan fingerprint density at radius 1 is 1.21 bits per heavy atom. The standard InChI is InChI=1S/C10H14ClNO2/c11-9-2-1-3-10(8-9)14-7-6-13-5-4-12/h1-3,8H,4-7,12H2. The van der Waals surface area contributed by atoms with E-state index in [0.29, 0.717) is 31.4 Å². The van der Waals surface area contributed by atoms with E-state index in [-0.39, 0.29) is 0 Å². The van der Waals surface area contributed by atoms with Crippen molar-refractivity contribution in [3.63, 3.8) is 0 Å². The van der Waals surface area contributed by atoms with E-state index in [1.165, 1.54) is 0 Å². The number of benzene rings is 1. The molecule has 0 aromatic heterocycles. The molecule has 0 amide bonds. The fraction of sp³-hybridized carbons (Fsp3) is 0.400. The Morgan fingerprint density at radius 2 is 2.07 bits per heavy atom. The summed E-state index contributed by atoms with van der Waals surface area (Å²) in [5.41, 5.74) is 5.26. The molecule has 0 saturated heterocycles. The van der Waals surface area contributed by atoms with Crippen molar-refractivity contribution < 1.29 is 9.47 Å². The molecule has 0 aliphatic carbocycles. The van der Waals surface area contributed by atoms with Gasteiger partial charge < -0.3 is 15.2 Å². The van der Waals surface area contributed by atoms with Gasteiger partial charge in [0.05, 0.1) is 13.2 Å². The Kier molecular flexibility index (Phi) is 5.37. The molecule has 0 radical (unpaired) electrons. The van der Waals surface area contributed by atoms with E-state index >= 15 is 0 Å². The molecule has 0 unspecified atom stereocenters. The molecule has 3 nitrogen and oxygen atoms in total. The van der Waals surface area contributed by atoms with Crippen LogP contribution in [-0.4, -0.2) is 26.4 Å². The largest absolute Gasteiger partial charge is 0.491 e. The Balaban J connectivity index is 2.18. The third-order valence-electron chi connectivity index (χ3n) is 1.55.